The molecule has 1 saturated heterocycles. The second kappa shape index (κ2) is 7.26. The van der Waals surface area contributed by atoms with Crippen molar-refractivity contribution in [3.05, 3.63) is 59.9 Å². The van der Waals surface area contributed by atoms with E-state index in [1.54, 1.807) is 22.6 Å². The molecule has 2 atom stereocenters. The van der Waals surface area contributed by atoms with Crippen LogP contribution in [0.3, 0.4) is 0 Å². The second-order valence-electron chi connectivity index (χ2n) is 9.10. The summed E-state index contributed by atoms with van der Waals surface area (Å²) >= 11 is 0. The fourth-order valence-corrected chi connectivity index (χ4v) is 6.02. The molecule has 1 fully saturated rings. The zero-order valence-electron chi connectivity index (χ0n) is 17.5. The summed E-state index contributed by atoms with van der Waals surface area (Å²) in [7, 11) is -3.50. The first-order chi connectivity index (χ1) is 13.7. The first-order valence-electron chi connectivity index (χ1n) is 10.2. The molecule has 1 aromatic carbocycles. The zero-order valence-corrected chi connectivity index (χ0v) is 18.3. The molecule has 5 nitrogen and oxygen atoms in total. The Bertz CT molecular complexity index is 1110. The van der Waals surface area contributed by atoms with Crippen molar-refractivity contribution < 1.29 is 8.42 Å². The summed E-state index contributed by atoms with van der Waals surface area (Å²) in [4.78, 5) is 8.00. The van der Waals surface area contributed by atoms with E-state index in [4.69, 9.17) is 0 Å². The predicted octanol–water partition coefficient (Wildman–Crippen LogP) is 4.82. The Morgan fingerprint density at radius 3 is 2.52 bits per heavy atom. The molecular formula is C23H29N3O2S. The van der Waals surface area contributed by atoms with Crippen LogP contribution in [0.25, 0.3) is 11.0 Å². The Balaban J connectivity index is 1.55. The van der Waals surface area contributed by atoms with Crippen molar-refractivity contribution in [3.63, 3.8) is 0 Å². The van der Waals surface area contributed by atoms with Crippen LogP contribution in [-0.2, 0) is 15.4 Å². The van der Waals surface area contributed by atoms with Crippen molar-refractivity contribution in [2.75, 3.05) is 6.54 Å². The molecule has 6 heteroatoms. The summed E-state index contributed by atoms with van der Waals surface area (Å²) in [5, 5.41) is 1.14. The van der Waals surface area contributed by atoms with Gasteiger partial charge in [-0.3, -0.25) is 0 Å². The lowest BCUT2D eigenvalue weighted by Gasteiger charge is -2.36. The van der Waals surface area contributed by atoms with Gasteiger partial charge in [0.25, 0.3) is 0 Å². The quantitative estimate of drug-likeness (QED) is 0.672. The van der Waals surface area contributed by atoms with Gasteiger partial charge in [0.15, 0.2) is 0 Å². The molecule has 1 aliphatic heterocycles. The number of benzene rings is 1. The van der Waals surface area contributed by atoms with Gasteiger partial charge in [0.2, 0.25) is 10.0 Å². The average molecular weight is 412 g/mol. The Morgan fingerprint density at radius 1 is 1.14 bits per heavy atom. The van der Waals surface area contributed by atoms with E-state index >= 15 is 0 Å². The number of nitrogens with zero attached hydrogens (tertiary/aromatic N) is 2. The highest BCUT2D eigenvalue weighted by atomic mass is 32.2. The van der Waals surface area contributed by atoms with Crippen LogP contribution in [0.1, 0.15) is 57.6 Å². The lowest BCUT2D eigenvalue weighted by molar-refractivity contribution is 0.247. The summed E-state index contributed by atoms with van der Waals surface area (Å²) in [6, 6.07) is 11.3. The fourth-order valence-electron chi connectivity index (χ4n) is 4.37. The predicted molar refractivity (Wildman–Crippen MR) is 117 cm³/mol. The van der Waals surface area contributed by atoms with Crippen LogP contribution < -0.4 is 0 Å². The third kappa shape index (κ3) is 3.71. The molecule has 0 bridgehead atoms. The topological polar surface area (TPSA) is 66.1 Å². The van der Waals surface area contributed by atoms with Gasteiger partial charge in [-0.2, -0.15) is 4.31 Å². The van der Waals surface area contributed by atoms with Gasteiger partial charge in [0, 0.05) is 30.4 Å². The maximum Gasteiger partial charge on any atom is 0.243 e. The van der Waals surface area contributed by atoms with Gasteiger partial charge in [-0.25, -0.2) is 13.4 Å². The molecule has 0 spiro atoms. The third-order valence-corrected chi connectivity index (χ3v) is 8.09. The highest BCUT2D eigenvalue weighted by Gasteiger charge is 2.35. The smallest absolute Gasteiger partial charge is 0.243 e. The summed E-state index contributed by atoms with van der Waals surface area (Å²) in [6.07, 6.45) is 5.43. The molecule has 29 heavy (non-hydrogen) atoms. The van der Waals surface area contributed by atoms with Gasteiger partial charge < -0.3 is 4.98 Å². The largest absolute Gasteiger partial charge is 0.346 e. The lowest BCUT2D eigenvalue weighted by atomic mass is 9.87. The van der Waals surface area contributed by atoms with E-state index in [2.05, 4.69) is 36.8 Å². The van der Waals surface area contributed by atoms with Crippen LogP contribution in [0.5, 0.6) is 0 Å². The molecule has 1 unspecified atom stereocenters. The van der Waals surface area contributed by atoms with Crippen LogP contribution >= 0.6 is 0 Å². The molecular weight excluding hydrogens is 382 g/mol. The number of hydrogen-bond donors (Lipinski definition) is 1. The van der Waals surface area contributed by atoms with Crippen molar-refractivity contribution in [3.8, 4) is 0 Å². The monoisotopic (exact) mass is 411 g/mol. The van der Waals surface area contributed by atoms with Crippen molar-refractivity contribution in [2.24, 2.45) is 0 Å². The third-order valence-electron chi connectivity index (χ3n) is 6.07. The van der Waals surface area contributed by atoms with Gasteiger partial charge in [-0.1, -0.05) is 32.9 Å². The summed E-state index contributed by atoms with van der Waals surface area (Å²) in [6.45, 7) is 8.93. The SMILES string of the molecule is C[C@H]1CC(c2c[nH]c3ncccc23)CCN1S(=O)(=O)c1ccc(C(C)(C)C)cc1. The fraction of sp³-hybridized carbons (Fsp3) is 0.435. The highest BCUT2D eigenvalue weighted by molar-refractivity contribution is 7.89. The van der Waals surface area contributed by atoms with Gasteiger partial charge >= 0.3 is 0 Å². The van der Waals surface area contributed by atoms with Crippen molar-refractivity contribution in [1.29, 1.82) is 0 Å². The number of rotatable bonds is 3. The van der Waals surface area contributed by atoms with E-state index in [1.165, 1.54) is 5.56 Å². The zero-order chi connectivity index (χ0) is 20.8. The normalized spacial score (nSPS) is 21.5. The molecule has 3 aromatic rings. The minimum atomic E-state index is -3.50. The maximum absolute atomic E-state index is 13.3. The van der Waals surface area contributed by atoms with Crippen molar-refractivity contribution >= 4 is 21.1 Å². The number of sulfonamides is 1. The lowest BCUT2D eigenvalue weighted by Crippen LogP contribution is -2.44. The van der Waals surface area contributed by atoms with Gasteiger partial charge in [0.05, 0.1) is 4.90 Å². The van der Waals surface area contributed by atoms with Gasteiger partial charge in [-0.15, -0.1) is 0 Å². The van der Waals surface area contributed by atoms with Crippen LogP contribution in [0, 0.1) is 0 Å². The number of hydrogen-bond acceptors (Lipinski definition) is 3. The van der Waals surface area contributed by atoms with Gasteiger partial charge in [-0.05, 0) is 66.5 Å². The highest BCUT2D eigenvalue weighted by Crippen LogP contribution is 2.37. The van der Waals surface area contributed by atoms with Crippen LogP contribution in [0.4, 0.5) is 0 Å². The number of aromatic nitrogens is 2. The summed E-state index contributed by atoms with van der Waals surface area (Å²) in [5.74, 6) is 0.331. The van der Waals surface area contributed by atoms with Crippen molar-refractivity contribution in [1.82, 2.24) is 14.3 Å². The minimum absolute atomic E-state index is 0.00210. The Hall–Kier alpha value is -2.18. The number of H-pyrrole nitrogens is 1. The van der Waals surface area contributed by atoms with E-state index in [0.29, 0.717) is 17.4 Å². The second-order valence-corrected chi connectivity index (χ2v) is 11.0. The molecule has 4 rings (SSSR count). The van der Waals surface area contributed by atoms with Gasteiger partial charge in [0.1, 0.15) is 5.65 Å². The van der Waals surface area contributed by atoms with Crippen LogP contribution in [0.2, 0.25) is 0 Å². The standard InChI is InChI=1S/C23H29N3O2S/c1-16-14-17(21-15-25-22-20(21)6-5-12-24-22)11-13-26(16)29(27,28)19-9-7-18(8-10-19)23(2,3)4/h5-10,12,15-17H,11,13-14H2,1-4H3,(H,24,25)/t16-,17?/m0/s1. The molecule has 1 aliphatic rings. The first-order valence-corrected chi connectivity index (χ1v) is 11.7. The Kier molecular flexibility index (Phi) is 5.03. The van der Waals surface area contributed by atoms with Crippen molar-refractivity contribution in [2.45, 2.75) is 62.8 Å². The molecule has 0 saturated carbocycles. The minimum Gasteiger partial charge on any atom is -0.346 e. The van der Waals surface area contributed by atoms with E-state index < -0.39 is 10.0 Å². The molecule has 1 N–H and O–H groups in total. The number of nitrogens with one attached hydrogen (secondary N) is 1. The number of pyridine rings is 1. The molecule has 0 amide bonds. The van der Waals surface area contributed by atoms with E-state index in [0.717, 1.165) is 29.4 Å². The molecule has 154 valence electrons. The Labute approximate surface area is 173 Å². The number of aromatic amines is 1. The molecule has 3 heterocycles. The Morgan fingerprint density at radius 2 is 1.86 bits per heavy atom. The summed E-state index contributed by atoms with van der Waals surface area (Å²) in [5.41, 5.74) is 3.27. The number of fused-ring (bicyclic) bond motifs is 1. The van der Waals surface area contributed by atoms with E-state index in [-0.39, 0.29) is 11.5 Å². The molecule has 0 radical (unpaired) electrons. The van der Waals surface area contributed by atoms with E-state index in [9.17, 15) is 8.42 Å². The molecule has 0 aliphatic carbocycles. The molecule has 2 aromatic heterocycles. The van der Waals surface area contributed by atoms with Crippen LogP contribution in [0.15, 0.2) is 53.7 Å². The number of piperidine rings is 1. The maximum atomic E-state index is 13.3. The van der Waals surface area contributed by atoms with E-state index in [1.807, 2.05) is 31.3 Å². The van der Waals surface area contributed by atoms with Crippen LogP contribution in [-0.4, -0.2) is 35.3 Å². The average Bonchev–Trinajstić information content (AvgIpc) is 3.11. The first kappa shape index (κ1) is 20.1. The summed E-state index contributed by atoms with van der Waals surface area (Å²) < 4.78 is 28.2.